The molecule has 106 valence electrons. The Kier molecular flexibility index (Phi) is 4.63. The van der Waals surface area contributed by atoms with Crippen LogP contribution in [-0.4, -0.2) is 18.5 Å². The lowest BCUT2D eigenvalue weighted by Gasteiger charge is -2.15. The summed E-state index contributed by atoms with van der Waals surface area (Å²) in [5.74, 6) is -0.375. The number of hydrogen-bond acceptors (Lipinski definition) is 3. The van der Waals surface area contributed by atoms with Crippen LogP contribution in [0.5, 0.6) is 0 Å². The maximum absolute atomic E-state index is 12.8. The van der Waals surface area contributed by atoms with Gasteiger partial charge in [0.2, 0.25) is 5.91 Å². The van der Waals surface area contributed by atoms with Gasteiger partial charge >= 0.3 is 6.18 Å². The van der Waals surface area contributed by atoms with Crippen molar-refractivity contribution >= 4 is 17.3 Å². The molecule has 1 aromatic carbocycles. The Labute approximate surface area is 109 Å². The largest absolute Gasteiger partial charge is 0.418 e. The third-order valence-electron chi connectivity index (χ3n) is 2.24. The Morgan fingerprint density at radius 2 is 2.00 bits per heavy atom. The predicted molar refractivity (Wildman–Crippen MR) is 67.6 cm³/mol. The zero-order chi connectivity index (χ0) is 14.6. The van der Waals surface area contributed by atoms with E-state index < -0.39 is 11.7 Å². The molecular formula is C12H16F3N3O. The summed E-state index contributed by atoms with van der Waals surface area (Å²) in [6.07, 6.45) is -4.52. The molecule has 1 rings (SSSR count). The molecule has 0 spiro atoms. The van der Waals surface area contributed by atoms with Gasteiger partial charge in [-0.25, -0.2) is 0 Å². The smallest absolute Gasteiger partial charge is 0.399 e. The first-order valence-electron chi connectivity index (χ1n) is 5.70. The molecule has 0 unspecified atom stereocenters. The fourth-order valence-electron chi connectivity index (χ4n) is 1.50. The number of hydrogen-bond donors (Lipinski definition) is 3. The number of nitrogen functional groups attached to an aromatic ring is 1. The number of benzene rings is 1. The minimum absolute atomic E-state index is 0.0181. The van der Waals surface area contributed by atoms with Crippen molar-refractivity contribution in [2.75, 3.05) is 17.6 Å². The molecule has 0 heterocycles. The molecule has 7 heteroatoms. The predicted octanol–water partition coefficient (Wildman–Crippen LogP) is 2.22. The Morgan fingerprint density at radius 3 is 2.53 bits per heavy atom. The highest BCUT2D eigenvalue weighted by Gasteiger charge is 2.33. The summed E-state index contributed by atoms with van der Waals surface area (Å²) in [5.41, 5.74) is 4.31. The molecule has 0 bridgehead atoms. The molecule has 0 saturated carbocycles. The molecule has 0 fully saturated rings. The summed E-state index contributed by atoms with van der Waals surface area (Å²) < 4.78 is 38.3. The zero-order valence-electron chi connectivity index (χ0n) is 10.6. The molecule has 4 N–H and O–H groups in total. The highest BCUT2D eigenvalue weighted by molar-refractivity contribution is 5.81. The Morgan fingerprint density at radius 1 is 1.37 bits per heavy atom. The lowest BCUT2D eigenvalue weighted by atomic mass is 10.1. The van der Waals surface area contributed by atoms with E-state index in [1.165, 1.54) is 12.1 Å². The van der Waals surface area contributed by atoms with Crippen LogP contribution in [-0.2, 0) is 11.0 Å². The number of carbonyl (C=O) groups is 1. The first kappa shape index (κ1) is 15.1. The van der Waals surface area contributed by atoms with Crippen molar-refractivity contribution in [3.63, 3.8) is 0 Å². The van der Waals surface area contributed by atoms with Gasteiger partial charge in [0.05, 0.1) is 12.1 Å². The molecule has 0 atom stereocenters. The summed E-state index contributed by atoms with van der Waals surface area (Å²) in [4.78, 5) is 11.4. The average molecular weight is 275 g/mol. The molecule has 0 aliphatic carbocycles. The number of anilines is 2. The van der Waals surface area contributed by atoms with Gasteiger partial charge in [0, 0.05) is 17.4 Å². The van der Waals surface area contributed by atoms with Crippen molar-refractivity contribution in [3.8, 4) is 0 Å². The average Bonchev–Trinajstić information content (AvgIpc) is 2.25. The van der Waals surface area contributed by atoms with Crippen molar-refractivity contribution in [3.05, 3.63) is 23.8 Å². The number of alkyl halides is 3. The summed E-state index contributed by atoms with van der Waals surface area (Å²) in [6.45, 7) is 3.30. The third kappa shape index (κ3) is 4.69. The quantitative estimate of drug-likeness (QED) is 0.738. The molecule has 0 saturated heterocycles. The van der Waals surface area contributed by atoms with Gasteiger partial charge in [-0.2, -0.15) is 13.2 Å². The number of nitrogens with two attached hydrogens (primary N) is 1. The number of carbonyl (C=O) groups excluding carboxylic acids is 1. The minimum Gasteiger partial charge on any atom is -0.399 e. The van der Waals surface area contributed by atoms with Crippen LogP contribution in [0.2, 0.25) is 0 Å². The molecule has 19 heavy (non-hydrogen) atoms. The van der Waals surface area contributed by atoms with Gasteiger partial charge in [-0.3, -0.25) is 4.79 Å². The van der Waals surface area contributed by atoms with Gasteiger partial charge in [0.25, 0.3) is 0 Å². The topological polar surface area (TPSA) is 67.2 Å². The minimum atomic E-state index is -4.52. The van der Waals surface area contributed by atoms with Gasteiger partial charge in [0.1, 0.15) is 0 Å². The van der Waals surface area contributed by atoms with E-state index in [1.807, 2.05) is 0 Å². The zero-order valence-corrected chi connectivity index (χ0v) is 10.6. The first-order valence-corrected chi connectivity index (χ1v) is 5.70. The molecule has 1 amide bonds. The van der Waals surface area contributed by atoms with E-state index in [9.17, 15) is 18.0 Å². The van der Waals surface area contributed by atoms with Crippen LogP contribution < -0.4 is 16.4 Å². The van der Waals surface area contributed by atoms with Crippen molar-refractivity contribution in [1.29, 1.82) is 0 Å². The molecule has 4 nitrogen and oxygen atoms in total. The van der Waals surface area contributed by atoms with E-state index in [1.54, 1.807) is 13.8 Å². The second kappa shape index (κ2) is 5.81. The van der Waals surface area contributed by atoms with E-state index in [2.05, 4.69) is 10.6 Å². The lowest BCUT2D eigenvalue weighted by molar-refractivity contribution is -0.137. The molecular weight excluding hydrogens is 259 g/mol. The SMILES string of the molecule is CC(C)NC(=O)CNc1ccc(N)cc1C(F)(F)F. The van der Waals surface area contributed by atoms with Crippen molar-refractivity contribution < 1.29 is 18.0 Å². The summed E-state index contributed by atoms with van der Waals surface area (Å²) in [6, 6.07) is 3.32. The van der Waals surface area contributed by atoms with Crippen LogP contribution in [0.1, 0.15) is 19.4 Å². The molecule has 0 aliphatic rings. The van der Waals surface area contributed by atoms with Crippen molar-refractivity contribution in [2.45, 2.75) is 26.1 Å². The van der Waals surface area contributed by atoms with Crippen molar-refractivity contribution in [1.82, 2.24) is 5.32 Å². The molecule has 0 aliphatic heterocycles. The van der Waals surface area contributed by atoms with E-state index in [4.69, 9.17) is 5.73 Å². The van der Waals surface area contributed by atoms with Crippen LogP contribution in [0.25, 0.3) is 0 Å². The highest BCUT2D eigenvalue weighted by Crippen LogP contribution is 2.35. The second-order valence-electron chi connectivity index (χ2n) is 4.38. The highest BCUT2D eigenvalue weighted by atomic mass is 19.4. The number of halogens is 3. The Bertz CT molecular complexity index is 458. The number of amides is 1. The molecule has 0 radical (unpaired) electrons. The van der Waals surface area contributed by atoms with Gasteiger partial charge in [-0.1, -0.05) is 0 Å². The molecule has 0 aromatic heterocycles. The van der Waals surface area contributed by atoms with Crippen LogP contribution >= 0.6 is 0 Å². The fourth-order valence-corrected chi connectivity index (χ4v) is 1.50. The summed E-state index contributed by atoms with van der Waals surface area (Å²) >= 11 is 0. The van der Waals surface area contributed by atoms with E-state index >= 15 is 0 Å². The van der Waals surface area contributed by atoms with Gasteiger partial charge in [0.15, 0.2) is 0 Å². The number of nitrogens with one attached hydrogen (secondary N) is 2. The second-order valence-corrected chi connectivity index (χ2v) is 4.38. The summed E-state index contributed by atoms with van der Waals surface area (Å²) in [5, 5.41) is 5.04. The summed E-state index contributed by atoms with van der Waals surface area (Å²) in [7, 11) is 0. The normalized spacial score (nSPS) is 11.5. The monoisotopic (exact) mass is 275 g/mol. The van der Waals surface area contributed by atoms with E-state index in [0.29, 0.717) is 0 Å². The van der Waals surface area contributed by atoms with E-state index in [0.717, 1.165) is 6.07 Å². The first-order chi connectivity index (χ1) is 8.70. The Balaban J connectivity index is 2.81. The van der Waals surface area contributed by atoms with Crippen LogP contribution in [0, 0.1) is 0 Å². The Hall–Kier alpha value is -1.92. The van der Waals surface area contributed by atoms with Gasteiger partial charge in [-0.15, -0.1) is 0 Å². The molecule has 1 aromatic rings. The van der Waals surface area contributed by atoms with Crippen LogP contribution in [0.4, 0.5) is 24.5 Å². The number of rotatable bonds is 4. The lowest BCUT2D eigenvalue weighted by Crippen LogP contribution is -2.35. The maximum Gasteiger partial charge on any atom is 0.418 e. The third-order valence-corrected chi connectivity index (χ3v) is 2.24. The van der Waals surface area contributed by atoms with Gasteiger partial charge in [-0.05, 0) is 32.0 Å². The maximum atomic E-state index is 12.8. The van der Waals surface area contributed by atoms with Crippen LogP contribution in [0.3, 0.4) is 0 Å². The van der Waals surface area contributed by atoms with Gasteiger partial charge < -0.3 is 16.4 Å². The standard InChI is InChI=1S/C12H16F3N3O/c1-7(2)18-11(19)6-17-10-4-3-8(16)5-9(10)12(13,14)15/h3-5,7,17H,6,16H2,1-2H3,(H,18,19). The van der Waals surface area contributed by atoms with E-state index in [-0.39, 0.29) is 29.9 Å². The van der Waals surface area contributed by atoms with Crippen LogP contribution in [0.15, 0.2) is 18.2 Å². The fraction of sp³-hybridized carbons (Fsp3) is 0.417. The van der Waals surface area contributed by atoms with Crippen molar-refractivity contribution in [2.24, 2.45) is 0 Å².